The van der Waals surface area contributed by atoms with Gasteiger partial charge in [-0.2, -0.15) is 0 Å². The predicted molar refractivity (Wildman–Crippen MR) is 53.5 cm³/mol. The summed E-state index contributed by atoms with van der Waals surface area (Å²) in [6, 6.07) is 0. The van der Waals surface area contributed by atoms with E-state index in [9.17, 15) is 4.79 Å². The van der Waals surface area contributed by atoms with E-state index in [1.54, 1.807) is 0 Å². The van der Waals surface area contributed by atoms with Crippen molar-refractivity contribution in [3.63, 3.8) is 0 Å². The lowest BCUT2D eigenvalue weighted by Crippen LogP contribution is -2.35. The molecule has 4 nitrogen and oxygen atoms in total. The van der Waals surface area contributed by atoms with E-state index in [1.165, 1.54) is 6.92 Å². The van der Waals surface area contributed by atoms with Crippen molar-refractivity contribution in [2.45, 2.75) is 50.9 Å². The Morgan fingerprint density at radius 3 is 3.13 bits per heavy atom. The van der Waals surface area contributed by atoms with Crippen molar-refractivity contribution in [1.82, 2.24) is 0 Å². The van der Waals surface area contributed by atoms with Gasteiger partial charge in [0.05, 0.1) is 24.4 Å². The number of hydrogen-bond donors (Lipinski definition) is 0. The van der Waals surface area contributed by atoms with E-state index in [-0.39, 0.29) is 23.8 Å². The standard InChI is InChI=1S/C11H18O4/c1-8-10-7-11(15-8,4-6-14-10)3-5-13-9(2)12/h8,10H,3-7H2,1-2H3. The van der Waals surface area contributed by atoms with Crippen LogP contribution in [0.4, 0.5) is 0 Å². The molecule has 0 aliphatic carbocycles. The van der Waals surface area contributed by atoms with E-state index in [0.717, 1.165) is 25.9 Å². The average molecular weight is 214 g/mol. The van der Waals surface area contributed by atoms with Gasteiger partial charge in [0.1, 0.15) is 0 Å². The Labute approximate surface area is 89.9 Å². The van der Waals surface area contributed by atoms with Gasteiger partial charge in [0.25, 0.3) is 0 Å². The first-order chi connectivity index (χ1) is 7.11. The van der Waals surface area contributed by atoms with E-state index in [1.807, 2.05) is 6.92 Å². The van der Waals surface area contributed by atoms with Crippen LogP contribution in [0.25, 0.3) is 0 Å². The first kappa shape index (κ1) is 10.9. The molecule has 0 N–H and O–H groups in total. The van der Waals surface area contributed by atoms with Gasteiger partial charge in [0.2, 0.25) is 0 Å². The highest BCUT2D eigenvalue weighted by Gasteiger charge is 2.47. The summed E-state index contributed by atoms with van der Waals surface area (Å²) in [6.45, 7) is 4.69. The molecule has 2 rings (SSSR count). The summed E-state index contributed by atoms with van der Waals surface area (Å²) in [5, 5.41) is 0. The lowest BCUT2D eigenvalue weighted by molar-refractivity contribution is -0.143. The molecule has 2 heterocycles. The lowest BCUT2D eigenvalue weighted by atomic mass is 9.89. The van der Waals surface area contributed by atoms with Crippen molar-refractivity contribution in [3.05, 3.63) is 0 Å². The third kappa shape index (κ3) is 2.32. The van der Waals surface area contributed by atoms with Crippen molar-refractivity contribution in [2.75, 3.05) is 13.2 Å². The molecule has 2 aliphatic rings. The quantitative estimate of drug-likeness (QED) is 0.664. The molecule has 15 heavy (non-hydrogen) atoms. The minimum Gasteiger partial charge on any atom is -0.466 e. The van der Waals surface area contributed by atoms with Gasteiger partial charge in [-0.1, -0.05) is 0 Å². The van der Waals surface area contributed by atoms with Gasteiger partial charge in [-0.15, -0.1) is 0 Å². The van der Waals surface area contributed by atoms with Crippen LogP contribution < -0.4 is 0 Å². The second-order valence-corrected chi connectivity index (χ2v) is 4.46. The van der Waals surface area contributed by atoms with E-state index in [0.29, 0.717) is 6.61 Å². The fraction of sp³-hybridized carbons (Fsp3) is 0.909. The molecule has 2 bridgehead atoms. The molecule has 0 aromatic carbocycles. The van der Waals surface area contributed by atoms with Crippen LogP contribution >= 0.6 is 0 Å². The second-order valence-electron chi connectivity index (χ2n) is 4.46. The van der Waals surface area contributed by atoms with Crippen LogP contribution in [0.3, 0.4) is 0 Å². The van der Waals surface area contributed by atoms with Crippen LogP contribution in [0.2, 0.25) is 0 Å². The number of ether oxygens (including phenoxy) is 3. The normalized spacial score (nSPS) is 39.1. The first-order valence-electron chi connectivity index (χ1n) is 5.54. The molecule has 0 amide bonds. The summed E-state index contributed by atoms with van der Waals surface area (Å²) in [6.07, 6.45) is 3.04. The number of carbonyl (C=O) groups excluding carboxylic acids is 1. The van der Waals surface area contributed by atoms with Crippen molar-refractivity contribution >= 4 is 5.97 Å². The topological polar surface area (TPSA) is 44.8 Å². The number of rotatable bonds is 3. The Hall–Kier alpha value is -0.610. The van der Waals surface area contributed by atoms with Gasteiger partial charge < -0.3 is 14.2 Å². The number of esters is 1. The van der Waals surface area contributed by atoms with Crippen LogP contribution in [-0.2, 0) is 19.0 Å². The van der Waals surface area contributed by atoms with E-state index in [2.05, 4.69) is 0 Å². The summed E-state index contributed by atoms with van der Waals surface area (Å²) in [4.78, 5) is 10.7. The summed E-state index contributed by atoms with van der Waals surface area (Å²) >= 11 is 0. The Morgan fingerprint density at radius 1 is 1.60 bits per heavy atom. The van der Waals surface area contributed by atoms with Crippen molar-refractivity contribution < 1.29 is 19.0 Å². The van der Waals surface area contributed by atoms with Gasteiger partial charge in [-0.05, 0) is 6.92 Å². The summed E-state index contributed by atoms with van der Waals surface area (Å²) < 4.78 is 16.5. The Balaban J connectivity index is 1.87. The molecule has 0 spiro atoms. The molecule has 2 fully saturated rings. The Morgan fingerprint density at radius 2 is 2.40 bits per heavy atom. The maximum atomic E-state index is 10.7. The maximum absolute atomic E-state index is 10.7. The minimum atomic E-state index is -0.221. The Bertz CT molecular complexity index is 249. The predicted octanol–water partition coefficient (Wildman–Crippen LogP) is 1.28. The largest absolute Gasteiger partial charge is 0.466 e. The van der Waals surface area contributed by atoms with Crippen LogP contribution in [0.5, 0.6) is 0 Å². The molecular formula is C11H18O4. The second kappa shape index (κ2) is 4.10. The highest BCUT2D eigenvalue weighted by molar-refractivity contribution is 5.65. The monoisotopic (exact) mass is 214 g/mol. The van der Waals surface area contributed by atoms with E-state index < -0.39 is 0 Å². The molecule has 3 atom stereocenters. The SMILES string of the molecule is CC(=O)OCCC12CCOC(C1)C(C)O2. The van der Waals surface area contributed by atoms with Crippen molar-refractivity contribution in [1.29, 1.82) is 0 Å². The molecule has 0 radical (unpaired) electrons. The first-order valence-corrected chi connectivity index (χ1v) is 5.54. The zero-order valence-corrected chi connectivity index (χ0v) is 9.32. The third-order valence-corrected chi connectivity index (χ3v) is 3.29. The zero-order valence-electron chi connectivity index (χ0n) is 9.32. The summed E-state index contributed by atoms with van der Waals surface area (Å²) in [5.41, 5.74) is -0.0994. The number of hydrogen-bond acceptors (Lipinski definition) is 4. The van der Waals surface area contributed by atoms with Gasteiger partial charge >= 0.3 is 5.97 Å². The van der Waals surface area contributed by atoms with E-state index >= 15 is 0 Å². The zero-order chi connectivity index (χ0) is 10.9. The van der Waals surface area contributed by atoms with Crippen molar-refractivity contribution in [2.24, 2.45) is 0 Å². The fourth-order valence-electron chi connectivity index (χ4n) is 2.47. The molecule has 2 aliphatic heterocycles. The van der Waals surface area contributed by atoms with Crippen LogP contribution in [0.1, 0.15) is 33.1 Å². The van der Waals surface area contributed by atoms with Gasteiger partial charge in [0.15, 0.2) is 0 Å². The van der Waals surface area contributed by atoms with Crippen LogP contribution in [0, 0.1) is 0 Å². The summed E-state index contributed by atoms with van der Waals surface area (Å²) in [7, 11) is 0. The summed E-state index contributed by atoms with van der Waals surface area (Å²) in [5.74, 6) is -0.221. The molecule has 3 unspecified atom stereocenters. The molecule has 4 heteroatoms. The highest BCUT2D eigenvalue weighted by Crippen LogP contribution is 2.41. The van der Waals surface area contributed by atoms with Crippen molar-refractivity contribution in [3.8, 4) is 0 Å². The van der Waals surface area contributed by atoms with E-state index in [4.69, 9.17) is 14.2 Å². The molecule has 2 saturated heterocycles. The number of fused-ring (bicyclic) bond motifs is 2. The number of carbonyl (C=O) groups is 1. The molecule has 0 aromatic heterocycles. The van der Waals surface area contributed by atoms with Gasteiger partial charge in [0, 0.05) is 32.8 Å². The smallest absolute Gasteiger partial charge is 0.302 e. The van der Waals surface area contributed by atoms with Crippen LogP contribution in [0.15, 0.2) is 0 Å². The fourth-order valence-corrected chi connectivity index (χ4v) is 2.47. The average Bonchev–Trinajstić information content (AvgIpc) is 2.37. The van der Waals surface area contributed by atoms with Gasteiger partial charge in [-0.25, -0.2) is 0 Å². The van der Waals surface area contributed by atoms with Gasteiger partial charge in [-0.3, -0.25) is 4.79 Å². The molecule has 86 valence electrons. The van der Waals surface area contributed by atoms with Crippen LogP contribution in [-0.4, -0.2) is 37.0 Å². The minimum absolute atomic E-state index is 0.0994. The highest BCUT2D eigenvalue weighted by atomic mass is 16.6. The molecular weight excluding hydrogens is 196 g/mol. The maximum Gasteiger partial charge on any atom is 0.302 e. The third-order valence-electron chi connectivity index (χ3n) is 3.29. The molecule has 0 saturated carbocycles. The lowest BCUT2D eigenvalue weighted by Gasteiger charge is -2.31. The Kier molecular flexibility index (Phi) is 2.98. The molecule has 0 aromatic rings.